The Morgan fingerprint density at radius 2 is 2.17 bits per heavy atom. The predicted molar refractivity (Wildman–Crippen MR) is 86.0 cm³/mol. The van der Waals surface area contributed by atoms with Crippen molar-refractivity contribution in [1.82, 2.24) is 29.3 Å². The van der Waals surface area contributed by atoms with Crippen molar-refractivity contribution in [2.24, 2.45) is 7.05 Å². The number of nitrogens with one attached hydrogen (secondary N) is 2. The second kappa shape index (κ2) is 5.09. The Hall–Kier alpha value is -3.42. The third-order valence-corrected chi connectivity index (χ3v) is 3.44. The fourth-order valence-electron chi connectivity index (χ4n) is 2.43. The smallest absolute Gasteiger partial charge is 0.277 e. The van der Waals surface area contributed by atoms with E-state index in [2.05, 4.69) is 25.4 Å². The highest BCUT2D eigenvalue weighted by atomic mass is 16.1. The van der Waals surface area contributed by atoms with Gasteiger partial charge in [0, 0.05) is 25.6 Å². The Morgan fingerprint density at radius 3 is 2.91 bits per heavy atom. The van der Waals surface area contributed by atoms with Gasteiger partial charge in [-0.15, -0.1) is 0 Å². The van der Waals surface area contributed by atoms with Gasteiger partial charge < -0.3 is 9.88 Å². The first kappa shape index (κ1) is 13.3. The Morgan fingerprint density at radius 1 is 1.26 bits per heavy atom. The molecule has 0 saturated heterocycles. The summed E-state index contributed by atoms with van der Waals surface area (Å²) in [4.78, 5) is 23.7. The summed E-state index contributed by atoms with van der Waals surface area (Å²) in [5.41, 5.74) is 2.42. The Kier molecular flexibility index (Phi) is 2.94. The number of fused-ring (bicyclic) bond motifs is 1. The molecule has 0 aliphatic heterocycles. The molecule has 8 heteroatoms. The average molecular weight is 307 g/mol. The number of aromatic amines is 1. The lowest BCUT2D eigenvalue weighted by atomic mass is 10.4. The molecule has 0 atom stereocenters. The number of pyridine rings is 1. The molecule has 0 spiro atoms. The van der Waals surface area contributed by atoms with E-state index in [1.165, 1.54) is 0 Å². The summed E-state index contributed by atoms with van der Waals surface area (Å²) in [7, 11) is 1.83. The zero-order valence-electron chi connectivity index (χ0n) is 12.3. The van der Waals surface area contributed by atoms with Crippen LogP contribution in [0.4, 0.5) is 11.6 Å². The topological polar surface area (TPSA) is 93.4 Å². The van der Waals surface area contributed by atoms with Gasteiger partial charge in [0.15, 0.2) is 0 Å². The summed E-state index contributed by atoms with van der Waals surface area (Å²) < 4.78 is 3.45. The Balaban J connectivity index is 1.79. The molecule has 114 valence electrons. The van der Waals surface area contributed by atoms with Crippen LogP contribution in [0.25, 0.3) is 16.7 Å². The van der Waals surface area contributed by atoms with E-state index in [4.69, 9.17) is 0 Å². The predicted octanol–water partition coefficient (Wildman–Crippen LogP) is 1.59. The van der Waals surface area contributed by atoms with Gasteiger partial charge in [-0.25, -0.2) is 4.98 Å². The largest absolute Gasteiger partial charge is 0.324 e. The molecule has 0 bridgehead atoms. The molecule has 0 amide bonds. The lowest BCUT2D eigenvalue weighted by Crippen LogP contribution is -2.13. The van der Waals surface area contributed by atoms with Gasteiger partial charge in [0.05, 0.1) is 29.3 Å². The Labute approximate surface area is 130 Å². The number of nitrogens with zero attached hydrogens (tertiary/aromatic N) is 5. The van der Waals surface area contributed by atoms with Crippen molar-refractivity contribution in [2.75, 3.05) is 5.32 Å². The maximum atomic E-state index is 12.5. The van der Waals surface area contributed by atoms with E-state index in [0.717, 1.165) is 11.4 Å². The van der Waals surface area contributed by atoms with Gasteiger partial charge in [-0.05, 0) is 18.2 Å². The van der Waals surface area contributed by atoms with Crippen LogP contribution in [0.5, 0.6) is 0 Å². The molecule has 4 aromatic rings. The maximum Gasteiger partial charge on any atom is 0.277 e. The lowest BCUT2D eigenvalue weighted by Gasteiger charge is -2.05. The first-order chi connectivity index (χ1) is 11.2. The quantitative estimate of drug-likeness (QED) is 0.599. The van der Waals surface area contributed by atoms with Gasteiger partial charge >= 0.3 is 0 Å². The van der Waals surface area contributed by atoms with Crippen LogP contribution in [0.3, 0.4) is 0 Å². The number of aromatic nitrogens is 6. The highest BCUT2D eigenvalue weighted by molar-refractivity contribution is 5.78. The van der Waals surface area contributed by atoms with Crippen LogP contribution in [0.2, 0.25) is 0 Å². The number of rotatable bonds is 3. The minimum Gasteiger partial charge on any atom is -0.324 e. The summed E-state index contributed by atoms with van der Waals surface area (Å²) in [5, 5.41) is 7.16. The number of hydrogen-bond donors (Lipinski definition) is 2. The third kappa shape index (κ3) is 2.35. The van der Waals surface area contributed by atoms with E-state index < -0.39 is 0 Å². The molecule has 0 aromatic carbocycles. The highest BCUT2D eigenvalue weighted by Crippen LogP contribution is 2.17. The standard InChI is InChI=1S/C15H13N7O/c1-21-9-11(8-17-21)22-6-4-12-13(22)14(23)20-15(19-12)18-10-3-2-5-16-7-10/h2-9H,1H3,(H2,18,19,20,23). The minimum atomic E-state index is -0.227. The van der Waals surface area contributed by atoms with E-state index in [1.807, 2.05) is 19.3 Å². The van der Waals surface area contributed by atoms with E-state index in [-0.39, 0.29) is 5.56 Å². The molecule has 0 saturated carbocycles. The van der Waals surface area contributed by atoms with Crippen molar-refractivity contribution in [3.63, 3.8) is 0 Å². The van der Waals surface area contributed by atoms with Crippen LogP contribution in [-0.4, -0.2) is 29.3 Å². The molecule has 4 aromatic heterocycles. The fraction of sp³-hybridized carbons (Fsp3) is 0.0667. The molecule has 4 rings (SSSR count). The van der Waals surface area contributed by atoms with Crippen LogP contribution in [0, 0.1) is 0 Å². The normalized spacial score (nSPS) is 11.0. The molecule has 0 aliphatic rings. The number of anilines is 2. The zero-order chi connectivity index (χ0) is 15.8. The van der Waals surface area contributed by atoms with E-state index in [0.29, 0.717) is 17.0 Å². The number of hydrogen-bond acceptors (Lipinski definition) is 5. The molecule has 0 fully saturated rings. The molecular weight excluding hydrogens is 294 g/mol. The molecule has 0 radical (unpaired) electrons. The second-order valence-electron chi connectivity index (χ2n) is 5.07. The summed E-state index contributed by atoms with van der Waals surface area (Å²) in [6.45, 7) is 0. The third-order valence-electron chi connectivity index (χ3n) is 3.44. The van der Waals surface area contributed by atoms with Gasteiger partial charge in [0.2, 0.25) is 5.95 Å². The maximum absolute atomic E-state index is 12.5. The fourth-order valence-corrected chi connectivity index (χ4v) is 2.43. The SMILES string of the molecule is Cn1cc(-n2ccc3nc(Nc4cccnc4)[nH]c(=O)c32)cn1. The molecular formula is C15H13N7O. The molecule has 0 aliphatic carbocycles. The molecule has 8 nitrogen and oxygen atoms in total. The van der Waals surface area contributed by atoms with Gasteiger partial charge in [-0.3, -0.25) is 19.4 Å². The van der Waals surface area contributed by atoms with Crippen molar-refractivity contribution >= 4 is 22.7 Å². The summed E-state index contributed by atoms with van der Waals surface area (Å²) in [5.74, 6) is 0.374. The lowest BCUT2D eigenvalue weighted by molar-refractivity contribution is 0.767. The van der Waals surface area contributed by atoms with Gasteiger partial charge in [0.1, 0.15) is 5.52 Å². The molecule has 2 N–H and O–H groups in total. The van der Waals surface area contributed by atoms with Crippen LogP contribution in [0.15, 0.2) is 54.0 Å². The number of H-pyrrole nitrogens is 1. The summed E-state index contributed by atoms with van der Waals surface area (Å²) >= 11 is 0. The van der Waals surface area contributed by atoms with E-state index in [9.17, 15) is 4.79 Å². The zero-order valence-corrected chi connectivity index (χ0v) is 12.3. The van der Waals surface area contributed by atoms with Crippen molar-refractivity contribution in [3.8, 4) is 5.69 Å². The van der Waals surface area contributed by atoms with E-state index in [1.54, 1.807) is 46.2 Å². The van der Waals surface area contributed by atoms with Crippen LogP contribution in [0.1, 0.15) is 0 Å². The van der Waals surface area contributed by atoms with E-state index >= 15 is 0 Å². The van der Waals surface area contributed by atoms with Crippen molar-refractivity contribution in [2.45, 2.75) is 0 Å². The highest BCUT2D eigenvalue weighted by Gasteiger charge is 2.11. The average Bonchev–Trinajstić information content (AvgIpc) is 3.14. The number of aryl methyl sites for hydroxylation is 1. The first-order valence-electron chi connectivity index (χ1n) is 6.98. The van der Waals surface area contributed by atoms with Crippen LogP contribution >= 0.6 is 0 Å². The minimum absolute atomic E-state index is 0.227. The van der Waals surface area contributed by atoms with Gasteiger partial charge in [0.25, 0.3) is 5.56 Å². The van der Waals surface area contributed by atoms with Gasteiger partial charge in [-0.2, -0.15) is 5.10 Å². The molecule has 23 heavy (non-hydrogen) atoms. The summed E-state index contributed by atoms with van der Waals surface area (Å²) in [6.07, 6.45) is 8.67. The second-order valence-corrected chi connectivity index (χ2v) is 5.07. The van der Waals surface area contributed by atoms with Crippen LogP contribution < -0.4 is 10.9 Å². The first-order valence-corrected chi connectivity index (χ1v) is 6.98. The van der Waals surface area contributed by atoms with Crippen molar-refractivity contribution < 1.29 is 0 Å². The van der Waals surface area contributed by atoms with Crippen molar-refractivity contribution in [3.05, 3.63) is 59.5 Å². The van der Waals surface area contributed by atoms with Gasteiger partial charge in [-0.1, -0.05) is 0 Å². The Bertz CT molecular complexity index is 1030. The monoisotopic (exact) mass is 307 g/mol. The molecule has 4 heterocycles. The van der Waals surface area contributed by atoms with Crippen LogP contribution in [-0.2, 0) is 7.05 Å². The summed E-state index contributed by atoms with van der Waals surface area (Å²) in [6, 6.07) is 5.45. The molecule has 0 unspecified atom stereocenters. The van der Waals surface area contributed by atoms with Crippen molar-refractivity contribution in [1.29, 1.82) is 0 Å².